The van der Waals surface area contributed by atoms with Gasteiger partial charge >= 0.3 is 33.0 Å². The van der Waals surface area contributed by atoms with Crippen molar-refractivity contribution in [1.29, 1.82) is 0 Å². The second-order valence-corrected chi connectivity index (χ2v) is 11.7. The molecule has 0 amide bonds. The number of anilines is 4. The minimum absolute atomic E-state index is 0.488. The summed E-state index contributed by atoms with van der Waals surface area (Å²) in [5, 5.41) is 0. The normalized spacial score (nSPS) is 13.3. The molecule has 0 atom stereocenters. The molecule has 4 radical (unpaired) electrons. The van der Waals surface area contributed by atoms with E-state index in [9.17, 15) is 0 Å². The van der Waals surface area contributed by atoms with Crippen LogP contribution in [0.15, 0.2) is 146 Å². The SMILES string of the molecule is [Al][N](c1ccccc1)c1cccc2c1C1(c3ccccc3-c3ccccc31)c1c-2cccc1[N]([Al])c1ccccc1. The van der Waals surface area contributed by atoms with E-state index >= 15 is 0 Å². The average Bonchev–Trinajstić information content (AvgIpc) is 3.52. The zero-order valence-electron chi connectivity index (χ0n) is 22.4. The van der Waals surface area contributed by atoms with Crippen molar-refractivity contribution in [1.82, 2.24) is 0 Å². The molecule has 0 N–H and O–H groups in total. The molecule has 0 aliphatic heterocycles. The Labute approximate surface area is 257 Å². The number of hydrogen-bond acceptors (Lipinski definition) is 2. The highest BCUT2D eigenvalue weighted by Gasteiger charge is 2.54. The largest absolute Gasteiger partial charge is 0.452 e. The van der Waals surface area contributed by atoms with Gasteiger partial charge in [0.25, 0.3) is 0 Å². The fraction of sp³-hybridized carbons (Fsp3) is 0.0270. The first-order valence-electron chi connectivity index (χ1n) is 13.9. The van der Waals surface area contributed by atoms with Gasteiger partial charge in [-0.3, -0.25) is 0 Å². The van der Waals surface area contributed by atoms with Gasteiger partial charge in [0.05, 0.1) is 5.41 Å². The van der Waals surface area contributed by atoms with Crippen LogP contribution in [-0.4, -0.2) is 33.0 Å². The Hall–Kier alpha value is -4.02. The van der Waals surface area contributed by atoms with Crippen molar-refractivity contribution in [3.8, 4) is 22.3 Å². The lowest BCUT2D eigenvalue weighted by atomic mass is 9.69. The van der Waals surface area contributed by atoms with Gasteiger partial charge in [-0.2, -0.15) is 0 Å². The molecule has 4 heteroatoms. The summed E-state index contributed by atoms with van der Waals surface area (Å²) in [6.45, 7) is 0. The van der Waals surface area contributed by atoms with Gasteiger partial charge < -0.3 is 7.77 Å². The van der Waals surface area contributed by atoms with Crippen molar-refractivity contribution in [2.24, 2.45) is 0 Å². The Morgan fingerprint density at radius 3 is 1.17 bits per heavy atom. The molecule has 1 spiro atoms. The summed E-state index contributed by atoms with van der Waals surface area (Å²) in [4.78, 5) is 0. The lowest BCUT2D eigenvalue weighted by Crippen LogP contribution is -2.30. The number of rotatable bonds is 4. The van der Waals surface area contributed by atoms with E-state index in [2.05, 4.69) is 186 Å². The lowest BCUT2D eigenvalue weighted by molar-refractivity contribution is 0.794. The Morgan fingerprint density at radius 2 is 0.732 bits per heavy atom. The Balaban J connectivity index is 1.52. The fourth-order valence-corrected chi connectivity index (χ4v) is 7.85. The highest BCUT2D eigenvalue weighted by atomic mass is 27.1. The molecular formula is C37H24Al2N2. The summed E-state index contributed by atoms with van der Waals surface area (Å²) >= 11 is 6.00. The molecule has 0 saturated heterocycles. The molecule has 188 valence electrons. The molecule has 6 aromatic carbocycles. The van der Waals surface area contributed by atoms with Crippen LogP contribution in [0.3, 0.4) is 0 Å². The topological polar surface area (TPSA) is 6.48 Å². The first-order valence-corrected chi connectivity index (χ1v) is 14.9. The van der Waals surface area contributed by atoms with E-state index in [1.165, 1.54) is 55.9 Å². The third-order valence-corrected chi connectivity index (χ3v) is 9.82. The smallest absolute Gasteiger partial charge is 0.318 e. The van der Waals surface area contributed by atoms with E-state index in [-0.39, 0.29) is 0 Å². The molecule has 2 aliphatic carbocycles. The van der Waals surface area contributed by atoms with Crippen LogP contribution in [0.4, 0.5) is 22.7 Å². The molecular weight excluding hydrogens is 526 g/mol. The van der Waals surface area contributed by atoms with Gasteiger partial charge in [-0.1, -0.05) is 109 Å². The number of para-hydroxylation sites is 2. The maximum Gasteiger partial charge on any atom is 0.318 e. The van der Waals surface area contributed by atoms with E-state index in [1.807, 2.05) is 0 Å². The second-order valence-electron chi connectivity index (χ2n) is 10.7. The molecule has 8 rings (SSSR count). The van der Waals surface area contributed by atoms with Gasteiger partial charge in [-0.05, 0) is 69.8 Å². The Morgan fingerprint density at radius 1 is 0.366 bits per heavy atom. The predicted molar refractivity (Wildman–Crippen MR) is 171 cm³/mol. The Bertz CT molecular complexity index is 1790. The molecule has 0 unspecified atom stereocenters. The molecule has 6 aromatic rings. The zero-order chi connectivity index (χ0) is 27.6. The van der Waals surface area contributed by atoms with Gasteiger partial charge in [0, 0.05) is 33.9 Å². The summed E-state index contributed by atoms with van der Waals surface area (Å²) in [6.07, 6.45) is 0. The van der Waals surface area contributed by atoms with E-state index in [0.717, 1.165) is 11.4 Å². The molecule has 0 fully saturated rings. The predicted octanol–water partition coefficient (Wildman–Crippen LogP) is 8.47. The maximum absolute atomic E-state index is 3.00. The highest BCUT2D eigenvalue weighted by Crippen LogP contribution is 2.66. The van der Waals surface area contributed by atoms with E-state index in [1.54, 1.807) is 0 Å². The van der Waals surface area contributed by atoms with Crippen LogP contribution in [0.5, 0.6) is 0 Å². The number of hydrogen-bond donors (Lipinski definition) is 0. The zero-order valence-corrected chi connectivity index (χ0v) is 24.7. The van der Waals surface area contributed by atoms with Crippen molar-refractivity contribution < 1.29 is 0 Å². The number of benzene rings is 6. The molecule has 2 aliphatic rings. The summed E-state index contributed by atoms with van der Waals surface area (Å²) in [7, 11) is 0. The van der Waals surface area contributed by atoms with E-state index in [0.29, 0.717) is 0 Å². The van der Waals surface area contributed by atoms with Gasteiger partial charge in [0.1, 0.15) is 0 Å². The first-order chi connectivity index (χ1) is 20.2. The van der Waals surface area contributed by atoms with Crippen molar-refractivity contribution in [3.05, 3.63) is 168 Å². The van der Waals surface area contributed by atoms with Crippen molar-refractivity contribution >= 4 is 55.8 Å². The van der Waals surface area contributed by atoms with Crippen LogP contribution in [0.1, 0.15) is 22.3 Å². The molecule has 0 aromatic heterocycles. The van der Waals surface area contributed by atoms with Crippen molar-refractivity contribution in [3.63, 3.8) is 0 Å². The summed E-state index contributed by atoms with van der Waals surface area (Å²) in [5.41, 5.74) is 14.6. The van der Waals surface area contributed by atoms with Gasteiger partial charge in [-0.15, -0.1) is 0 Å². The number of nitrogens with zero attached hydrogens (tertiary/aromatic N) is 2. The fourth-order valence-electron chi connectivity index (χ4n) is 7.07. The first kappa shape index (κ1) is 24.8. The van der Waals surface area contributed by atoms with Crippen LogP contribution < -0.4 is 7.77 Å². The Kier molecular flexibility index (Phi) is 5.75. The summed E-state index contributed by atoms with van der Waals surface area (Å²) < 4.78 is 4.54. The highest BCUT2D eigenvalue weighted by molar-refractivity contribution is 6.24. The summed E-state index contributed by atoms with van der Waals surface area (Å²) in [5.74, 6) is 0. The third-order valence-electron chi connectivity index (χ3n) is 8.67. The van der Waals surface area contributed by atoms with E-state index < -0.39 is 5.41 Å². The monoisotopic (exact) mass is 550 g/mol. The molecule has 0 heterocycles. The van der Waals surface area contributed by atoms with Gasteiger partial charge in [0.15, 0.2) is 0 Å². The molecule has 0 bridgehead atoms. The quantitative estimate of drug-likeness (QED) is 0.203. The average molecular weight is 551 g/mol. The second kappa shape index (κ2) is 9.53. The standard InChI is InChI=1S/C37H24N2.2Al/c1-3-13-25(14-4-1)38-33-23-11-19-29-30-20-12-24-34(39-26-15-5-2-6-16-26)36(30)37(35(29)33)31-21-9-7-17-27(31)28-18-8-10-22-32(28)37;;/h1-24H;;/q-2;2*+1. The van der Waals surface area contributed by atoms with E-state index in [4.69, 9.17) is 0 Å². The number of fused-ring (bicyclic) bond motifs is 10. The van der Waals surface area contributed by atoms with Crippen LogP contribution >= 0.6 is 0 Å². The van der Waals surface area contributed by atoms with Crippen LogP contribution in [0.25, 0.3) is 22.3 Å². The minimum Gasteiger partial charge on any atom is -0.452 e. The third kappa shape index (κ3) is 3.44. The van der Waals surface area contributed by atoms with Gasteiger partial charge in [-0.25, -0.2) is 0 Å². The van der Waals surface area contributed by atoms with Crippen molar-refractivity contribution in [2.45, 2.75) is 5.41 Å². The maximum atomic E-state index is 3.00. The molecule has 0 saturated carbocycles. The molecule has 41 heavy (non-hydrogen) atoms. The van der Waals surface area contributed by atoms with Gasteiger partial charge in [0.2, 0.25) is 0 Å². The summed E-state index contributed by atoms with van der Waals surface area (Å²) in [6, 6.07) is 52.8. The lowest BCUT2D eigenvalue weighted by Gasteiger charge is -2.38. The van der Waals surface area contributed by atoms with Crippen molar-refractivity contribution in [2.75, 3.05) is 7.77 Å². The minimum atomic E-state index is -0.488. The van der Waals surface area contributed by atoms with Crippen LogP contribution in [0.2, 0.25) is 0 Å². The molecule has 2 nitrogen and oxygen atoms in total. The van der Waals surface area contributed by atoms with Crippen LogP contribution in [-0.2, 0) is 5.41 Å². The van der Waals surface area contributed by atoms with Crippen LogP contribution in [0, 0.1) is 0 Å².